The van der Waals surface area contributed by atoms with Crippen molar-refractivity contribution in [3.8, 4) is 5.75 Å². The van der Waals surface area contributed by atoms with Crippen molar-refractivity contribution in [2.45, 2.75) is 6.54 Å². The van der Waals surface area contributed by atoms with Crippen LogP contribution in [-0.4, -0.2) is 34.5 Å². The van der Waals surface area contributed by atoms with Gasteiger partial charge in [0.25, 0.3) is 5.82 Å². The number of nitrogen functional groups attached to an aromatic ring is 1. The molecule has 0 aliphatic heterocycles. The Balaban J connectivity index is 1.88. The quantitative estimate of drug-likeness (QED) is 0.630. The first-order chi connectivity index (χ1) is 9.20. The normalized spacial score (nSPS) is 10.2. The first-order valence-corrected chi connectivity index (χ1v) is 5.66. The van der Waals surface area contributed by atoms with Crippen LogP contribution in [0.1, 0.15) is 10.6 Å². The fraction of sp³-hybridized carbons (Fsp3) is 0.250. The first kappa shape index (κ1) is 12.9. The maximum absolute atomic E-state index is 11.2. The smallest absolute Gasteiger partial charge is 0.377 e. The minimum Gasteiger partial charge on any atom is -0.489 e. The van der Waals surface area contributed by atoms with Gasteiger partial charge in [-0.3, -0.25) is 0 Å². The summed E-state index contributed by atoms with van der Waals surface area (Å²) in [4.78, 5) is 15.0. The van der Waals surface area contributed by atoms with Crippen molar-refractivity contribution < 1.29 is 14.3 Å². The fourth-order valence-electron chi connectivity index (χ4n) is 1.45. The SMILES string of the molecule is COC(=O)c1ncn(CCOc2ccccc2N)n1. The topological polar surface area (TPSA) is 92.3 Å². The van der Waals surface area contributed by atoms with Crippen LogP contribution in [0.15, 0.2) is 30.6 Å². The van der Waals surface area contributed by atoms with E-state index < -0.39 is 5.97 Å². The molecule has 1 heterocycles. The standard InChI is InChI=1S/C12H14N4O3/c1-18-12(17)11-14-8-16(15-11)6-7-19-10-5-3-2-4-9(10)13/h2-5,8H,6-7,13H2,1H3. The van der Waals surface area contributed by atoms with E-state index in [4.69, 9.17) is 10.5 Å². The molecule has 0 amide bonds. The Morgan fingerprint density at radius 2 is 2.21 bits per heavy atom. The lowest BCUT2D eigenvalue weighted by atomic mass is 10.3. The second-order valence-electron chi connectivity index (χ2n) is 3.71. The number of methoxy groups -OCH3 is 1. The molecule has 100 valence electrons. The maximum atomic E-state index is 11.2. The Hall–Kier alpha value is -2.57. The summed E-state index contributed by atoms with van der Waals surface area (Å²) in [5.74, 6) is 0.0875. The van der Waals surface area contributed by atoms with Crippen molar-refractivity contribution in [2.24, 2.45) is 0 Å². The van der Waals surface area contributed by atoms with E-state index in [1.165, 1.54) is 18.1 Å². The number of hydrogen-bond acceptors (Lipinski definition) is 6. The van der Waals surface area contributed by atoms with Crippen molar-refractivity contribution >= 4 is 11.7 Å². The van der Waals surface area contributed by atoms with Crippen LogP contribution in [0.25, 0.3) is 0 Å². The zero-order chi connectivity index (χ0) is 13.7. The molecule has 7 nitrogen and oxygen atoms in total. The molecule has 2 N–H and O–H groups in total. The van der Waals surface area contributed by atoms with E-state index in [9.17, 15) is 4.79 Å². The summed E-state index contributed by atoms with van der Waals surface area (Å²) in [6.45, 7) is 0.830. The highest BCUT2D eigenvalue weighted by molar-refractivity contribution is 5.84. The average molecular weight is 262 g/mol. The molecule has 0 aliphatic rings. The van der Waals surface area contributed by atoms with Crippen LogP contribution in [0.3, 0.4) is 0 Å². The number of esters is 1. The van der Waals surface area contributed by atoms with Gasteiger partial charge in [0, 0.05) is 0 Å². The first-order valence-electron chi connectivity index (χ1n) is 5.66. The third-order valence-electron chi connectivity index (χ3n) is 2.40. The van der Waals surface area contributed by atoms with E-state index >= 15 is 0 Å². The van der Waals surface area contributed by atoms with Crippen molar-refractivity contribution in [3.05, 3.63) is 36.4 Å². The Kier molecular flexibility index (Phi) is 3.97. The van der Waals surface area contributed by atoms with Gasteiger partial charge in [-0.05, 0) is 12.1 Å². The van der Waals surface area contributed by atoms with Gasteiger partial charge >= 0.3 is 5.97 Å². The van der Waals surface area contributed by atoms with Crippen molar-refractivity contribution in [3.63, 3.8) is 0 Å². The van der Waals surface area contributed by atoms with Crippen LogP contribution in [-0.2, 0) is 11.3 Å². The highest BCUT2D eigenvalue weighted by Gasteiger charge is 2.10. The van der Waals surface area contributed by atoms with Crippen molar-refractivity contribution in [2.75, 3.05) is 19.5 Å². The molecule has 1 aromatic carbocycles. The predicted molar refractivity (Wildman–Crippen MR) is 67.7 cm³/mol. The third-order valence-corrected chi connectivity index (χ3v) is 2.40. The number of para-hydroxylation sites is 2. The minimum atomic E-state index is -0.563. The summed E-state index contributed by atoms with van der Waals surface area (Å²) in [5, 5.41) is 3.95. The van der Waals surface area contributed by atoms with Crippen LogP contribution in [0.5, 0.6) is 5.75 Å². The van der Waals surface area contributed by atoms with Gasteiger partial charge in [-0.15, -0.1) is 5.10 Å². The van der Waals surface area contributed by atoms with E-state index in [1.807, 2.05) is 12.1 Å². The molecule has 0 saturated heterocycles. The van der Waals surface area contributed by atoms with Gasteiger partial charge in [-0.1, -0.05) is 12.1 Å². The number of aromatic nitrogens is 3. The molecule has 2 rings (SSSR count). The number of ether oxygens (including phenoxy) is 2. The molecular weight excluding hydrogens is 248 g/mol. The van der Waals surface area contributed by atoms with E-state index in [0.717, 1.165) is 0 Å². The van der Waals surface area contributed by atoms with Crippen LogP contribution in [0, 0.1) is 0 Å². The Bertz CT molecular complexity index is 568. The van der Waals surface area contributed by atoms with E-state index in [-0.39, 0.29) is 5.82 Å². The lowest BCUT2D eigenvalue weighted by Gasteiger charge is -2.07. The van der Waals surface area contributed by atoms with Crippen LogP contribution < -0.4 is 10.5 Å². The molecule has 0 spiro atoms. The third kappa shape index (κ3) is 3.21. The van der Waals surface area contributed by atoms with Gasteiger partial charge < -0.3 is 15.2 Å². The fourth-order valence-corrected chi connectivity index (χ4v) is 1.45. The lowest BCUT2D eigenvalue weighted by Crippen LogP contribution is -2.11. The Labute approximate surface area is 110 Å². The second kappa shape index (κ2) is 5.85. The Morgan fingerprint density at radius 1 is 1.42 bits per heavy atom. The Morgan fingerprint density at radius 3 is 2.95 bits per heavy atom. The average Bonchev–Trinajstić information content (AvgIpc) is 2.89. The van der Waals surface area contributed by atoms with Crippen LogP contribution in [0.2, 0.25) is 0 Å². The number of carbonyl (C=O) groups excluding carboxylic acids is 1. The number of nitrogens with zero attached hydrogens (tertiary/aromatic N) is 3. The molecule has 7 heteroatoms. The highest BCUT2D eigenvalue weighted by atomic mass is 16.5. The zero-order valence-corrected chi connectivity index (χ0v) is 10.4. The molecule has 0 aliphatic carbocycles. The summed E-state index contributed by atoms with van der Waals surface area (Å²) in [5.41, 5.74) is 6.32. The molecule has 0 radical (unpaired) electrons. The maximum Gasteiger partial charge on any atom is 0.377 e. The molecule has 1 aromatic heterocycles. The number of hydrogen-bond donors (Lipinski definition) is 1. The largest absolute Gasteiger partial charge is 0.489 e. The summed E-state index contributed by atoms with van der Waals surface area (Å²) >= 11 is 0. The number of benzene rings is 1. The lowest BCUT2D eigenvalue weighted by molar-refractivity contribution is 0.0586. The summed E-state index contributed by atoms with van der Waals surface area (Å²) < 4.78 is 11.5. The van der Waals surface area contributed by atoms with Gasteiger partial charge in [-0.25, -0.2) is 14.5 Å². The van der Waals surface area contributed by atoms with Crippen LogP contribution >= 0.6 is 0 Å². The van der Waals surface area contributed by atoms with Gasteiger partial charge in [0.05, 0.1) is 19.3 Å². The van der Waals surface area contributed by atoms with Gasteiger partial charge in [0.2, 0.25) is 0 Å². The minimum absolute atomic E-state index is 0.0294. The summed E-state index contributed by atoms with van der Waals surface area (Å²) in [6, 6.07) is 7.23. The molecule has 0 atom stereocenters. The number of anilines is 1. The van der Waals surface area contributed by atoms with Crippen LogP contribution in [0.4, 0.5) is 5.69 Å². The number of carbonyl (C=O) groups is 1. The molecule has 0 fully saturated rings. The van der Waals surface area contributed by atoms with E-state index in [2.05, 4.69) is 14.8 Å². The molecular formula is C12H14N4O3. The number of rotatable bonds is 5. The predicted octanol–water partition coefficient (Wildman–Crippen LogP) is 0.726. The summed E-state index contributed by atoms with van der Waals surface area (Å²) in [6.07, 6.45) is 1.45. The molecule has 2 aromatic rings. The van der Waals surface area contributed by atoms with E-state index in [0.29, 0.717) is 24.6 Å². The van der Waals surface area contributed by atoms with Crippen molar-refractivity contribution in [1.82, 2.24) is 14.8 Å². The van der Waals surface area contributed by atoms with E-state index in [1.54, 1.807) is 12.1 Å². The molecule has 0 bridgehead atoms. The highest BCUT2D eigenvalue weighted by Crippen LogP contribution is 2.19. The molecule has 19 heavy (non-hydrogen) atoms. The van der Waals surface area contributed by atoms with Gasteiger partial charge in [-0.2, -0.15) is 0 Å². The van der Waals surface area contributed by atoms with Gasteiger partial charge in [0.15, 0.2) is 0 Å². The summed E-state index contributed by atoms with van der Waals surface area (Å²) in [7, 11) is 1.28. The zero-order valence-electron chi connectivity index (χ0n) is 10.4. The molecule has 0 unspecified atom stereocenters. The monoisotopic (exact) mass is 262 g/mol. The van der Waals surface area contributed by atoms with Gasteiger partial charge in [0.1, 0.15) is 18.7 Å². The van der Waals surface area contributed by atoms with Crippen molar-refractivity contribution in [1.29, 1.82) is 0 Å². The molecule has 0 saturated carbocycles. The second-order valence-corrected chi connectivity index (χ2v) is 3.71. The number of nitrogens with two attached hydrogens (primary N) is 1.